The van der Waals surface area contributed by atoms with E-state index in [4.69, 9.17) is 39.3 Å². The highest BCUT2D eigenvalue weighted by atomic mass is 16.5. The molecule has 143 heavy (non-hydrogen) atoms. The average molecular weight is 1940 g/mol. The molecule has 4 saturated heterocycles. The summed E-state index contributed by atoms with van der Waals surface area (Å²) in [6.45, 7) is 27.6. The molecule has 24 rings (SSSR count). The van der Waals surface area contributed by atoms with E-state index in [1.807, 2.05) is 68.8 Å². The molecule has 0 spiro atoms. The predicted octanol–water partition coefficient (Wildman–Crippen LogP) is 15.1. The maximum Gasteiger partial charge on any atom is 0.269 e. The van der Waals surface area contributed by atoms with Crippen LogP contribution in [0.5, 0.6) is 0 Å². The van der Waals surface area contributed by atoms with Crippen LogP contribution in [-0.4, -0.2) is 236 Å². The maximum absolute atomic E-state index is 12.3. The number of carbonyl (C=O) groups excluding carboxylic acids is 6. The number of Topliss-reactive ketones (excluding diaryl/α,β-unsaturated/α-hetero) is 1. The van der Waals surface area contributed by atoms with E-state index in [2.05, 4.69) is 155 Å². The van der Waals surface area contributed by atoms with Crippen LogP contribution in [0, 0.1) is 13.8 Å². The second-order valence-corrected chi connectivity index (χ2v) is 40.3. The van der Waals surface area contributed by atoms with Crippen LogP contribution in [-0.2, 0) is 134 Å². The smallest absolute Gasteiger partial charge is 0.269 e. The van der Waals surface area contributed by atoms with Gasteiger partial charge in [-0.15, -0.1) is 0 Å². The fourth-order valence-electron chi connectivity index (χ4n) is 23.2. The molecular weight excluding hydrogens is 1800 g/mol. The van der Waals surface area contributed by atoms with E-state index in [1.54, 1.807) is 53.9 Å². The lowest BCUT2D eigenvalue weighted by Crippen LogP contribution is -2.36. The van der Waals surface area contributed by atoms with Crippen molar-refractivity contribution in [2.24, 2.45) is 7.05 Å². The van der Waals surface area contributed by atoms with Crippen molar-refractivity contribution in [3.05, 3.63) is 212 Å². The quantitative estimate of drug-likeness (QED) is 0.0963. The minimum absolute atomic E-state index is 0.111. The first-order valence-corrected chi connectivity index (χ1v) is 51.6. The van der Waals surface area contributed by atoms with Crippen LogP contribution >= 0.6 is 0 Å². The predicted molar refractivity (Wildman–Crippen MR) is 546 cm³/mol. The molecule has 0 radical (unpaired) electrons. The number of carbonyl (C=O) groups is 6. The van der Waals surface area contributed by atoms with Gasteiger partial charge in [-0.25, -0.2) is 0 Å². The molecule has 33 nitrogen and oxygen atoms in total. The lowest BCUT2D eigenvalue weighted by molar-refractivity contribution is -0.130. The molecule has 746 valence electrons. The standard InChI is InChI=1S/C29H34N6O3.C29H33N5O3.C27H34N6O2.C25H30N6O2/c1-19(36)33-13-9-27-24(18-33)28(32-35(27)23-10-14-38-15-11-23)34-12-3-4-21-16-20(6-8-26(21)34)22-5-7-25(31-17-22)29(37)30-2;1-19(35)14-24-7-5-23(16-30-24)21-6-8-27-22(15-21)4-3-11-33(27)29-26-17-32(20(2)36)12-9-28(26)34(31-29)25-10-13-37-18-25;1-18-23(16-28-30(18)3)20-6-7-25-21(15-20)5-4-11-32(25)27-24-17-31(19(2)34)12-8-26(24)33(29-27)22-9-13-35-14-10-22;1-16-12-22(27-26-16)18-5-6-23-19(13-18)4-3-9-30(23)25-21-14-29(17(2)32)10-7-24(21)31(28-25)20-8-11-33-15-20/h5-8,16-17,23H,3-4,9-15,18H2,1-2H3,(H,30,37);5-8,15-16,25H,3-4,9-14,17-18H2,1-2H3;6-7,15-16,22H,4-5,8-14,17H2,1-3H3;5-6,12-13,20H,3-4,7-11,14-15H2,1-2H3,(H,26,27)/t;25-;;20-/m.0.0/s1. The number of hydrogen-bond acceptors (Lipinski definition) is 22. The zero-order valence-electron chi connectivity index (χ0n) is 83.9. The Hall–Kier alpha value is -13.5. The number of aromatic nitrogens is 14. The molecule has 0 saturated carbocycles. The van der Waals surface area contributed by atoms with Gasteiger partial charge in [-0.1, -0.05) is 36.4 Å². The van der Waals surface area contributed by atoms with E-state index < -0.39 is 0 Å². The number of amides is 5. The molecule has 4 aromatic carbocycles. The Morgan fingerprint density at radius 2 is 0.748 bits per heavy atom. The van der Waals surface area contributed by atoms with Gasteiger partial charge in [0.05, 0.1) is 75.5 Å². The van der Waals surface area contributed by atoms with Crippen molar-refractivity contribution in [1.82, 2.24) is 94.0 Å². The largest absolute Gasteiger partial charge is 0.381 e. The number of ketones is 1. The summed E-state index contributed by atoms with van der Waals surface area (Å²) >= 11 is 0. The zero-order chi connectivity index (χ0) is 98.4. The number of fused-ring (bicyclic) bond motifs is 8. The summed E-state index contributed by atoms with van der Waals surface area (Å²) in [5.41, 5.74) is 32.1. The lowest BCUT2D eigenvalue weighted by atomic mass is 9.96. The summed E-state index contributed by atoms with van der Waals surface area (Å²) in [4.78, 5) is 98.4. The summed E-state index contributed by atoms with van der Waals surface area (Å²) < 4.78 is 33.5. The molecule has 12 aromatic rings. The van der Waals surface area contributed by atoms with Crippen LogP contribution in [0.25, 0.3) is 44.6 Å². The van der Waals surface area contributed by atoms with Crippen LogP contribution < -0.4 is 24.9 Å². The minimum atomic E-state index is -0.190. The van der Waals surface area contributed by atoms with Gasteiger partial charge in [0.1, 0.15) is 11.5 Å². The molecule has 12 aliphatic heterocycles. The third-order valence-corrected chi connectivity index (χ3v) is 31.1. The van der Waals surface area contributed by atoms with Crippen LogP contribution in [0.15, 0.2) is 122 Å². The lowest BCUT2D eigenvalue weighted by Gasteiger charge is -2.33. The van der Waals surface area contributed by atoms with Crippen molar-refractivity contribution in [3.63, 3.8) is 0 Å². The summed E-state index contributed by atoms with van der Waals surface area (Å²) in [6.07, 6.45) is 23.5. The van der Waals surface area contributed by atoms with Crippen molar-refractivity contribution in [2.75, 3.05) is 132 Å². The number of ether oxygens (including phenoxy) is 4. The topological polar surface area (TPSA) is 321 Å². The monoisotopic (exact) mass is 1930 g/mol. The van der Waals surface area contributed by atoms with Gasteiger partial charge in [0.25, 0.3) is 5.91 Å². The molecule has 2 N–H and O–H groups in total. The summed E-state index contributed by atoms with van der Waals surface area (Å²) in [6, 6.07) is 37.6. The van der Waals surface area contributed by atoms with Crippen molar-refractivity contribution in [3.8, 4) is 44.6 Å². The molecule has 5 amide bonds. The number of anilines is 8. The van der Waals surface area contributed by atoms with Crippen molar-refractivity contribution in [2.45, 2.75) is 221 Å². The Bertz CT molecular complexity index is 6770. The van der Waals surface area contributed by atoms with Crippen molar-refractivity contribution >= 4 is 81.3 Å². The SMILES string of the molecule is CC(=O)Cc1ccc(-c2ccc3c(c2)CCCN3c2nn([C@H]3CCOC3)c3c2CN(C(C)=O)CC3)cn1.CC(=O)N1CCc2c(c(N3CCCc4cc(-c5cc(C)[nH]n5)ccc43)nn2[C@H]2CCOC2)C1.CC(=O)N1CCc2c(c(N3CCCc4cc(-c5cnn(C)c5C)ccc43)nn2C2CCOCC2)C1.CNC(=O)c1ccc(-c2ccc3c(c2)CCCN3c2nn(C3CCOCC3)c3c2CN(C(C)=O)CC3)cn1. The Labute approximate surface area is 834 Å². The van der Waals surface area contributed by atoms with E-state index in [1.165, 1.54) is 107 Å². The number of benzene rings is 4. The normalized spacial score (nSPS) is 18.8. The van der Waals surface area contributed by atoms with Crippen LogP contribution in [0.3, 0.4) is 0 Å². The van der Waals surface area contributed by atoms with Gasteiger partial charge in [-0.05, 0) is 216 Å². The highest BCUT2D eigenvalue weighted by Crippen LogP contribution is 2.48. The van der Waals surface area contributed by atoms with Crippen LogP contribution in [0.4, 0.5) is 46.0 Å². The summed E-state index contributed by atoms with van der Waals surface area (Å²) in [5.74, 6) is 4.42. The van der Waals surface area contributed by atoms with Gasteiger partial charge < -0.3 is 63.5 Å². The summed E-state index contributed by atoms with van der Waals surface area (Å²) in [7, 11) is 3.59. The number of pyridine rings is 2. The van der Waals surface area contributed by atoms with Crippen LogP contribution in [0.1, 0.15) is 218 Å². The third kappa shape index (κ3) is 19.5. The Kier molecular flexibility index (Phi) is 27.7. The second kappa shape index (κ2) is 41.4. The molecular formula is C110H131N23O10. The van der Waals surface area contributed by atoms with Gasteiger partial charge >= 0.3 is 0 Å². The van der Waals surface area contributed by atoms with E-state index >= 15 is 0 Å². The van der Waals surface area contributed by atoms with Crippen LogP contribution in [0.2, 0.25) is 0 Å². The molecule has 20 heterocycles. The average Bonchev–Trinajstić information content (AvgIpc) is 1.62. The molecule has 2 atom stereocenters. The number of nitrogens with one attached hydrogen (secondary N) is 2. The molecule has 0 bridgehead atoms. The molecule has 12 aliphatic rings. The second-order valence-electron chi connectivity index (χ2n) is 40.3. The van der Waals surface area contributed by atoms with Gasteiger partial charge in [0, 0.05) is 285 Å². The molecule has 8 aromatic heterocycles. The number of hydrogen-bond donors (Lipinski definition) is 2. The van der Waals surface area contributed by atoms with Gasteiger partial charge in [0.2, 0.25) is 23.6 Å². The van der Waals surface area contributed by atoms with E-state index in [-0.39, 0.29) is 47.4 Å². The first-order valence-electron chi connectivity index (χ1n) is 51.6. The Morgan fingerprint density at radius 1 is 0.392 bits per heavy atom. The first kappa shape index (κ1) is 95.7. The number of H-pyrrole nitrogens is 1. The molecule has 0 aliphatic carbocycles. The van der Waals surface area contributed by atoms with Crippen molar-refractivity contribution < 1.29 is 47.7 Å². The van der Waals surface area contributed by atoms with Crippen molar-refractivity contribution in [1.29, 1.82) is 0 Å². The van der Waals surface area contributed by atoms with E-state index in [9.17, 15) is 28.8 Å². The van der Waals surface area contributed by atoms with Gasteiger partial charge in [-0.2, -0.15) is 30.6 Å². The highest BCUT2D eigenvalue weighted by molar-refractivity contribution is 5.92. The van der Waals surface area contributed by atoms with Gasteiger partial charge in [0.15, 0.2) is 23.3 Å². The molecule has 33 heteroatoms. The highest BCUT2D eigenvalue weighted by Gasteiger charge is 2.41. The van der Waals surface area contributed by atoms with E-state index in [0.29, 0.717) is 63.6 Å². The number of aryl methyl sites for hydroxylation is 6. The minimum Gasteiger partial charge on any atom is -0.381 e. The first-order chi connectivity index (χ1) is 69.6. The fourth-order valence-corrected chi connectivity index (χ4v) is 23.2. The maximum atomic E-state index is 12.3. The number of rotatable bonds is 15. The number of nitrogens with zero attached hydrogens (tertiary/aromatic N) is 21. The number of aromatic amines is 1. The summed E-state index contributed by atoms with van der Waals surface area (Å²) in [5, 5.41) is 35.4. The zero-order valence-corrected chi connectivity index (χ0v) is 83.9. The fraction of sp³-hybridized carbons (Fsp3) is 0.473. The molecule has 0 unspecified atom stereocenters. The Morgan fingerprint density at radius 3 is 1.08 bits per heavy atom. The molecule has 4 fully saturated rings. The third-order valence-electron chi connectivity index (χ3n) is 31.1. The Balaban J connectivity index is 0.000000113. The van der Waals surface area contributed by atoms with E-state index in [0.717, 1.165) is 276 Å². The van der Waals surface area contributed by atoms with Gasteiger partial charge in [-0.3, -0.25) is 67.2 Å².